The van der Waals surface area contributed by atoms with Crippen molar-refractivity contribution in [2.75, 3.05) is 6.61 Å². The molecule has 1 nitrogen and oxygen atoms in total. The summed E-state index contributed by atoms with van der Waals surface area (Å²) in [6.07, 6.45) is 8.33. The Bertz CT molecular complexity index is 114. The van der Waals surface area contributed by atoms with E-state index < -0.39 is 0 Å². The van der Waals surface area contributed by atoms with Gasteiger partial charge in [0.25, 0.3) is 0 Å². The van der Waals surface area contributed by atoms with Gasteiger partial charge in [0.2, 0.25) is 0 Å². The zero-order valence-corrected chi connectivity index (χ0v) is 10.1. The van der Waals surface area contributed by atoms with Gasteiger partial charge in [-0.1, -0.05) is 6.92 Å². The van der Waals surface area contributed by atoms with Crippen LogP contribution in [0.4, 0.5) is 0 Å². The molecule has 0 aromatic carbocycles. The van der Waals surface area contributed by atoms with Crippen molar-refractivity contribution < 1.29 is 30.9 Å². The van der Waals surface area contributed by atoms with E-state index in [9.17, 15) is 0 Å². The van der Waals surface area contributed by atoms with Crippen LogP contribution in [0, 0.1) is 6.08 Å². The van der Waals surface area contributed by atoms with Crippen LogP contribution in [0.1, 0.15) is 20.3 Å². The molecule has 0 fully saturated rings. The number of aliphatic hydroxyl groups excluding tert-OH is 1. The minimum Gasteiger partial charge on any atom is -0.397 e. The second kappa shape index (κ2) is 9.31. The summed E-state index contributed by atoms with van der Waals surface area (Å²) in [4.78, 5) is 0. The molecule has 1 aliphatic rings. The summed E-state index contributed by atoms with van der Waals surface area (Å²) < 4.78 is 0. The SMILES string of the molecule is CC1=[C-]CC=C1.CCO.[Hf]. The maximum absolute atomic E-state index is 7.57. The van der Waals surface area contributed by atoms with E-state index in [0.717, 1.165) is 6.42 Å². The molecule has 2 heteroatoms. The zero-order chi connectivity index (χ0) is 7.11. The fourth-order valence-electron chi connectivity index (χ4n) is 0.515. The molecule has 0 amide bonds. The van der Waals surface area contributed by atoms with Gasteiger partial charge in [-0.3, -0.25) is 6.08 Å². The predicted octanol–water partition coefficient (Wildman–Crippen LogP) is 1.69. The molecule has 1 N–H and O–H groups in total. The molecule has 0 heterocycles. The third-order valence-corrected chi connectivity index (χ3v) is 0.867. The Hall–Kier alpha value is 0.310. The van der Waals surface area contributed by atoms with Crippen molar-refractivity contribution in [3.05, 3.63) is 23.8 Å². The zero-order valence-electron chi connectivity index (χ0n) is 6.52. The second-order valence-corrected chi connectivity index (χ2v) is 1.78. The monoisotopic (exact) mass is 305 g/mol. The van der Waals surface area contributed by atoms with Crippen LogP contribution < -0.4 is 0 Å². The Morgan fingerprint density at radius 3 is 2.30 bits per heavy atom. The molecule has 0 atom stereocenters. The van der Waals surface area contributed by atoms with Gasteiger partial charge in [-0.25, -0.2) is 11.6 Å². The van der Waals surface area contributed by atoms with Gasteiger partial charge < -0.3 is 5.11 Å². The molecule has 1 aliphatic carbocycles. The Kier molecular flexibility index (Phi) is 12.0. The maximum Gasteiger partial charge on any atom is 0.0402 e. The van der Waals surface area contributed by atoms with Gasteiger partial charge in [-0.15, -0.1) is 6.42 Å². The van der Waals surface area contributed by atoms with Crippen LogP contribution in [0.3, 0.4) is 0 Å². The Labute approximate surface area is 81.6 Å². The summed E-state index contributed by atoms with van der Waals surface area (Å²) in [6, 6.07) is 0. The quantitative estimate of drug-likeness (QED) is 0.533. The standard InChI is InChI=1S/C6H7.C2H6O.Hf/c1-6-4-2-3-5-6;1-2-3;/h2,4H,3H2,1H3;3H,2H2,1H3;/q-1;;. The molecular weight excluding hydrogens is 291 g/mol. The normalized spacial score (nSPS) is 12.9. The Morgan fingerprint density at radius 1 is 1.70 bits per heavy atom. The van der Waals surface area contributed by atoms with Gasteiger partial charge in [0, 0.05) is 32.5 Å². The van der Waals surface area contributed by atoms with E-state index >= 15 is 0 Å². The maximum atomic E-state index is 7.57. The van der Waals surface area contributed by atoms with Gasteiger partial charge in [-0.2, -0.15) is 6.08 Å². The third kappa shape index (κ3) is 8.31. The first-order valence-electron chi connectivity index (χ1n) is 3.16. The fraction of sp³-hybridized carbons (Fsp3) is 0.500. The molecule has 10 heavy (non-hydrogen) atoms. The summed E-state index contributed by atoms with van der Waals surface area (Å²) in [7, 11) is 0. The number of allylic oxidation sites excluding steroid dienone is 4. The fourth-order valence-corrected chi connectivity index (χ4v) is 0.515. The summed E-state index contributed by atoms with van der Waals surface area (Å²) in [6.45, 7) is 3.99. The number of hydrogen-bond donors (Lipinski definition) is 1. The first-order chi connectivity index (χ1) is 4.31. The number of rotatable bonds is 0. The molecule has 0 aromatic rings. The van der Waals surface area contributed by atoms with Crippen LogP contribution in [0.15, 0.2) is 17.7 Å². The Balaban J connectivity index is 0. The molecule has 0 unspecified atom stereocenters. The van der Waals surface area contributed by atoms with E-state index in [1.807, 2.05) is 0 Å². The van der Waals surface area contributed by atoms with E-state index in [4.69, 9.17) is 5.11 Å². The molecule has 56 valence electrons. The van der Waals surface area contributed by atoms with E-state index in [1.54, 1.807) is 6.92 Å². The molecule has 1 rings (SSSR count). The van der Waals surface area contributed by atoms with Crippen molar-refractivity contribution in [2.24, 2.45) is 0 Å². The van der Waals surface area contributed by atoms with Crippen LogP contribution in [0.2, 0.25) is 0 Å². The minimum absolute atomic E-state index is 0. The van der Waals surface area contributed by atoms with Crippen molar-refractivity contribution >= 4 is 0 Å². The summed E-state index contributed by atoms with van der Waals surface area (Å²) >= 11 is 0. The molecule has 0 spiro atoms. The molecule has 0 aliphatic heterocycles. The number of hydrogen-bond acceptors (Lipinski definition) is 1. The van der Waals surface area contributed by atoms with Crippen LogP contribution in [-0.2, 0) is 25.8 Å². The van der Waals surface area contributed by atoms with Crippen molar-refractivity contribution in [3.8, 4) is 0 Å². The molecular formula is C8H13HfO-. The van der Waals surface area contributed by atoms with E-state index in [-0.39, 0.29) is 32.5 Å². The molecule has 0 saturated carbocycles. The van der Waals surface area contributed by atoms with Gasteiger partial charge in [0.05, 0.1) is 0 Å². The predicted molar refractivity (Wildman–Crippen MR) is 38.9 cm³/mol. The van der Waals surface area contributed by atoms with Crippen LogP contribution >= 0.6 is 0 Å². The average molecular weight is 304 g/mol. The molecule has 0 radical (unpaired) electrons. The first-order valence-corrected chi connectivity index (χ1v) is 3.16. The topological polar surface area (TPSA) is 20.2 Å². The molecule has 0 bridgehead atoms. The van der Waals surface area contributed by atoms with Crippen molar-refractivity contribution in [3.63, 3.8) is 0 Å². The van der Waals surface area contributed by atoms with Crippen LogP contribution in [0.5, 0.6) is 0 Å². The largest absolute Gasteiger partial charge is 0.397 e. The number of aliphatic hydroxyl groups is 1. The van der Waals surface area contributed by atoms with Crippen LogP contribution in [-0.4, -0.2) is 11.7 Å². The third-order valence-electron chi connectivity index (χ3n) is 0.867. The van der Waals surface area contributed by atoms with Crippen molar-refractivity contribution in [1.82, 2.24) is 0 Å². The van der Waals surface area contributed by atoms with Crippen LogP contribution in [0.25, 0.3) is 0 Å². The summed E-state index contributed by atoms with van der Waals surface area (Å²) in [5.41, 5.74) is 1.27. The van der Waals surface area contributed by atoms with Gasteiger partial charge in [-0.05, 0) is 6.92 Å². The van der Waals surface area contributed by atoms with Gasteiger partial charge in [0.15, 0.2) is 0 Å². The first kappa shape index (κ1) is 12.9. The minimum atomic E-state index is 0. The second-order valence-electron chi connectivity index (χ2n) is 1.78. The molecule has 0 aromatic heterocycles. The van der Waals surface area contributed by atoms with Gasteiger partial charge >= 0.3 is 0 Å². The van der Waals surface area contributed by atoms with Gasteiger partial charge in [0.1, 0.15) is 0 Å². The van der Waals surface area contributed by atoms with E-state index in [0.29, 0.717) is 0 Å². The Morgan fingerprint density at radius 2 is 2.20 bits per heavy atom. The summed E-state index contributed by atoms with van der Waals surface area (Å²) in [5, 5.41) is 7.57. The smallest absolute Gasteiger partial charge is 0.0402 e. The van der Waals surface area contributed by atoms with E-state index in [2.05, 4.69) is 25.2 Å². The average Bonchev–Trinajstić information content (AvgIpc) is 2.20. The van der Waals surface area contributed by atoms with E-state index in [1.165, 1.54) is 5.57 Å². The van der Waals surface area contributed by atoms with Crippen molar-refractivity contribution in [1.29, 1.82) is 0 Å². The molecule has 0 saturated heterocycles. The summed E-state index contributed by atoms with van der Waals surface area (Å²) in [5.74, 6) is 0. The van der Waals surface area contributed by atoms with Crippen molar-refractivity contribution in [2.45, 2.75) is 20.3 Å².